The van der Waals surface area contributed by atoms with Crippen molar-refractivity contribution in [1.82, 2.24) is 10.2 Å². The predicted octanol–water partition coefficient (Wildman–Crippen LogP) is 1.75. The summed E-state index contributed by atoms with van der Waals surface area (Å²) in [4.78, 5) is 2.36. The van der Waals surface area contributed by atoms with E-state index in [-0.39, 0.29) is 0 Å². The van der Waals surface area contributed by atoms with Crippen molar-refractivity contribution in [2.45, 2.75) is 45.8 Å². The molecule has 0 spiro atoms. The zero-order valence-corrected chi connectivity index (χ0v) is 13.2. The van der Waals surface area contributed by atoms with E-state index in [0.717, 1.165) is 45.9 Å². The summed E-state index contributed by atoms with van der Waals surface area (Å²) >= 11 is 0. The van der Waals surface area contributed by atoms with Gasteiger partial charge in [0.25, 0.3) is 0 Å². The van der Waals surface area contributed by atoms with E-state index in [0.29, 0.717) is 18.1 Å². The van der Waals surface area contributed by atoms with Gasteiger partial charge in [-0.05, 0) is 40.3 Å². The third-order valence-corrected chi connectivity index (χ3v) is 3.60. The van der Waals surface area contributed by atoms with Crippen LogP contribution in [0.15, 0.2) is 0 Å². The molecule has 4 nitrogen and oxygen atoms in total. The van der Waals surface area contributed by atoms with Crippen molar-refractivity contribution in [3.8, 4) is 0 Å². The van der Waals surface area contributed by atoms with Crippen LogP contribution in [0, 0.1) is 5.92 Å². The van der Waals surface area contributed by atoms with Crippen LogP contribution in [0.2, 0.25) is 0 Å². The summed E-state index contributed by atoms with van der Waals surface area (Å²) in [6.45, 7) is 12.2. The molecule has 0 aromatic rings. The summed E-state index contributed by atoms with van der Waals surface area (Å²) in [5, 5.41) is 3.66. The van der Waals surface area contributed by atoms with Crippen molar-refractivity contribution in [3.05, 3.63) is 0 Å². The fourth-order valence-electron chi connectivity index (χ4n) is 2.51. The Morgan fingerprint density at radius 3 is 2.89 bits per heavy atom. The van der Waals surface area contributed by atoms with Crippen molar-refractivity contribution < 1.29 is 9.47 Å². The van der Waals surface area contributed by atoms with Crippen LogP contribution in [0.1, 0.15) is 33.6 Å². The van der Waals surface area contributed by atoms with Crippen LogP contribution in [0.4, 0.5) is 0 Å². The van der Waals surface area contributed by atoms with E-state index in [4.69, 9.17) is 9.47 Å². The Hall–Kier alpha value is -0.160. The average molecular weight is 272 g/mol. The first-order valence-corrected chi connectivity index (χ1v) is 7.74. The van der Waals surface area contributed by atoms with Crippen LogP contribution >= 0.6 is 0 Å². The van der Waals surface area contributed by atoms with Gasteiger partial charge < -0.3 is 19.7 Å². The summed E-state index contributed by atoms with van der Waals surface area (Å²) < 4.78 is 11.2. The molecule has 2 atom stereocenters. The molecular formula is C15H32N2O2. The van der Waals surface area contributed by atoms with Crippen molar-refractivity contribution in [3.63, 3.8) is 0 Å². The molecule has 1 rings (SSSR count). The van der Waals surface area contributed by atoms with Gasteiger partial charge in [0.1, 0.15) is 0 Å². The fraction of sp³-hybridized carbons (Fsp3) is 1.00. The molecule has 0 radical (unpaired) electrons. The second-order valence-corrected chi connectivity index (χ2v) is 5.87. The molecule has 1 saturated heterocycles. The van der Waals surface area contributed by atoms with Gasteiger partial charge in [-0.25, -0.2) is 0 Å². The quantitative estimate of drug-likeness (QED) is 0.693. The van der Waals surface area contributed by atoms with Gasteiger partial charge in [0.05, 0.1) is 19.3 Å². The summed E-state index contributed by atoms with van der Waals surface area (Å²) in [6.07, 6.45) is 2.66. The first kappa shape index (κ1) is 16.9. The van der Waals surface area contributed by atoms with E-state index in [1.807, 2.05) is 0 Å². The molecule has 1 aliphatic rings. The smallest absolute Gasteiger partial charge is 0.0596 e. The Bertz CT molecular complexity index is 224. The van der Waals surface area contributed by atoms with Gasteiger partial charge in [0.2, 0.25) is 0 Å². The topological polar surface area (TPSA) is 33.7 Å². The number of hydrogen-bond donors (Lipinski definition) is 1. The molecular weight excluding hydrogens is 240 g/mol. The zero-order valence-electron chi connectivity index (χ0n) is 13.2. The van der Waals surface area contributed by atoms with Gasteiger partial charge in [-0.2, -0.15) is 0 Å². The minimum Gasteiger partial charge on any atom is -0.381 e. The lowest BCUT2D eigenvalue weighted by atomic mass is 9.95. The highest BCUT2D eigenvalue weighted by Crippen LogP contribution is 2.16. The molecule has 19 heavy (non-hydrogen) atoms. The fourth-order valence-corrected chi connectivity index (χ4v) is 2.51. The Labute approximate surface area is 118 Å². The molecule has 114 valence electrons. The maximum absolute atomic E-state index is 5.64. The van der Waals surface area contributed by atoms with Gasteiger partial charge in [-0.1, -0.05) is 6.92 Å². The van der Waals surface area contributed by atoms with Crippen LogP contribution in [-0.4, -0.2) is 63.5 Å². The highest BCUT2D eigenvalue weighted by molar-refractivity contribution is 4.81. The molecule has 0 bridgehead atoms. The van der Waals surface area contributed by atoms with E-state index >= 15 is 0 Å². The van der Waals surface area contributed by atoms with Gasteiger partial charge in [0, 0.05) is 31.7 Å². The molecule has 4 heteroatoms. The normalized spacial score (nSPS) is 24.3. The third kappa shape index (κ3) is 7.25. The van der Waals surface area contributed by atoms with E-state index in [1.165, 1.54) is 6.42 Å². The van der Waals surface area contributed by atoms with Gasteiger partial charge in [-0.15, -0.1) is 0 Å². The van der Waals surface area contributed by atoms with E-state index in [2.05, 4.69) is 38.0 Å². The average Bonchev–Trinajstić information content (AvgIpc) is 2.37. The third-order valence-electron chi connectivity index (χ3n) is 3.60. The maximum atomic E-state index is 5.64. The van der Waals surface area contributed by atoms with E-state index in [9.17, 15) is 0 Å². The van der Waals surface area contributed by atoms with Crippen molar-refractivity contribution in [2.24, 2.45) is 5.92 Å². The predicted molar refractivity (Wildman–Crippen MR) is 79.6 cm³/mol. The van der Waals surface area contributed by atoms with Gasteiger partial charge >= 0.3 is 0 Å². The standard InChI is InChI=1S/C15H32N2O2/c1-5-7-16-15-6-9-18-12-14(15)11-17(4)8-10-19-13(2)3/h13-16H,5-12H2,1-4H3. The van der Waals surface area contributed by atoms with Crippen LogP contribution in [0.3, 0.4) is 0 Å². The van der Waals surface area contributed by atoms with Crippen LogP contribution in [-0.2, 0) is 9.47 Å². The lowest BCUT2D eigenvalue weighted by Gasteiger charge is -2.35. The molecule has 0 aliphatic carbocycles. The highest BCUT2D eigenvalue weighted by atomic mass is 16.5. The number of likely N-dealkylation sites (N-methyl/N-ethyl adjacent to an activating group) is 1. The number of hydrogen-bond acceptors (Lipinski definition) is 4. The van der Waals surface area contributed by atoms with Crippen molar-refractivity contribution >= 4 is 0 Å². The molecule has 0 aromatic carbocycles. The molecule has 1 heterocycles. The Morgan fingerprint density at radius 2 is 2.21 bits per heavy atom. The number of ether oxygens (including phenoxy) is 2. The summed E-state index contributed by atoms with van der Waals surface area (Å²) in [5.74, 6) is 0.601. The van der Waals surface area contributed by atoms with Crippen molar-refractivity contribution in [2.75, 3.05) is 46.5 Å². The van der Waals surface area contributed by atoms with Gasteiger partial charge in [-0.3, -0.25) is 0 Å². The largest absolute Gasteiger partial charge is 0.381 e. The van der Waals surface area contributed by atoms with Gasteiger partial charge in [0.15, 0.2) is 0 Å². The molecule has 0 aromatic heterocycles. The minimum absolute atomic E-state index is 0.324. The van der Waals surface area contributed by atoms with Crippen LogP contribution < -0.4 is 5.32 Å². The first-order chi connectivity index (χ1) is 9.13. The van der Waals surface area contributed by atoms with Crippen molar-refractivity contribution in [1.29, 1.82) is 0 Å². The first-order valence-electron chi connectivity index (χ1n) is 7.74. The second kappa shape index (κ2) is 9.70. The van der Waals surface area contributed by atoms with Crippen LogP contribution in [0.25, 0.3) is 0 Å². The molecule has 1 N–H and O–H groups in total. The number of nitrogens with zero attached hydrogens (tertiary/aromatic N) is 1. The van der Waals surface area contributed by atoms with E-state index in [1.54, 1.807) is 0 Å². The number of nitrogens with one attached hydrogen (secondary N) is 1. The summed E-state index contributed by atoms with van der Waals surface area (Å²) in [6, 6.07) is 0.613. The SMILES string of the molecule is CCCNC1CCOCC1CN(C)CCOC(C)C. The minimum atomic E-state index is 0.324. The number of rotatable bonds is 9. The lowest BCUT2D eigenvalue weighted by molar-refractivity contribution is 0.0121. The molecule has 2 unspecified atom stereocenters. The molecule has 1 fully saturated rings. The molecule has 0 saturated carbocycles. The summed E-state index contributed by atoms with van der Waals surface area (Å²) in [5.41, 5.74) is 0. The molecule has 1 aliphatic heterocycles. The Kier molecular flexibility index (Phi) is 8.62. The monoisotopic (exact) mass is 272 g/mol. The Morgan fingerprint density at radius 1 is 1.42 bits per heavy atom. The maximum Gasteiger partial charge on any atom is 0.0596 e. The summed E-state index contributed by atoms with van der Waals surface area (Å²) in [7, 11) is 2.18. The molecule has 0 amide bonds. The van der Waals surface area contributed by atoms with E-state index < -0.39 is 0 Å². The Balaban J connectivity index is 2.26. The van der Waals surface area contributed by atoms with Crippen LogP contribution in [0.5, 0.6) is 0 Å². The lowest BCUT2D eigenvalue weighted by Crippen LogP contribution is -2.47. The zero-order chi connectivity index (χ0) is 14.1. The highest BCUT2D eigenvalue weighted by Gasteiger charge is 2.26. The second-order valence-electron chi connectivity index (χ2n) is 5.87.